The molecule has 0 aromatic carbocycles. The highest BCUT2D eigenvalue weighted by Crippen LogP contribution is 2.24. The highest BCUT2D eigenvalue weighted by Gasteiger charge is 2.25. The lowest BCUT2D eigenvalue weighted by molar-refractivity contribution is -0.147. The molecule has 0 radical (unpaired) electrons. The highest BCUT2D eigenvalue weighted by molar-refractivity contribution is 5.75. The molecule has 94 valence electrons. The summed E-state index contributed by atoms with van der Waals surface area (Å²) in [6, 6.07) is 0. The van der Waals surface area contributed by atoms with E-state index in [2.05, 4.69) is 0 Å². The van der Waals surface area contributed by atoms with E-state index in [1.54, 1.807) is 20.8 Å². The van der Waals surface area contributed by atoms with Gasteiger partial charge >= 0.3 is 5.97 Å². The van der Waals surface area contributed by atoms with Crippen LogP contribution in [0.5, 0.6) is 0 Å². The Labute approximate surface area is 98.2 Å². The number of carboxylic acid groups (broad SMARTS) is 1. The van der Waals surface area contributed by atoms with Crippen LogP contribution in [0.3, 0.4) is 0 Å². The second-order valence-electron chi connectivity index (χ2n) is 5.16. The monoisotopic (exact) mass is 228 g/mol. The number of unbranched alkanes of at least 4 members (excludes halogenated alkanes) is 4. The minimum absolute atomic E-state index is 0.256. The molecule has 0 amide bonds. The zero-order valence-electron chi connectivity index (χ0n) is 10.7. The zero-order valence-corrected chi connectivity index (χ0v) is 10.7. The van der Waals surface area contributed by atoms with Gasteiger partial charge in [-0.3, -0.25) is 4.79 Å². The Morgan fingerprint density at radius 3 is 2.00 bits per heavy atom. The number of carbonyl (C=O) groups excluding carboxylic acids is 1. The van der Waals surface area contributed by atoms with Gasteiger partial charge < -0.3 is 9.90 Å². The van der Waals surface area contributed by atoms with E-state index >= 15 is 0 Å². The van der Waals surface area contributed by atoms with E-state index in [0.29, 0.717) is 6.42 Å². The fraction of sp³-hybridized carbons (Fsp3) is 0.846. The van der Waals surface area contributed by atoms with Gasteiger partial charge in [0.15, 0.2) is 0 Å². The Morgan fingerprint density at radius 2 is 1.50 bits per heavy atom. The maximum Gasteiger partial charge on any atom is 0.309 e. The quantitative estimate of drug-likeness (QED) is 0.615. The van der Waals surface area contributed by atoms with Gasteiger partial charge in [-0.25, -0.2) is 0 Å². The maximum atomic E-state index is 10.8. The third kappa shape index (κ3) is 7.43. The topological polar surface area (TPSA) is 54.4 Å². The van der Waals surface area contributed by atoms with Gasteiger partial charge in [-0.2, -0.15) is 0 Å². The lowest BCUT2D eigenvalue weighted by Crippen LogP contribution is -2.23. The van der Waals surface area contributed by atoms with Crippen LogP contribution in [-0.4, -0.2) is 16.9 Å². The summed E-state index contributed by atoms with van der Waals surface area (Å²) in [5.74, 6) is -0.462. The molecule has 3 heteroatoms. The Kier molecular flexibility index (Phi) is 7.02. The minimum atomic E-state index is -0.718. The summed E-state index contributed by atoms with van der Waals surface area (Å²) in [5.41, 5.74) is -0.598. The molecule has 0 saturated carbocycles. The van der Waals surface area contributed by atoms with Crippen molar-refractivity contribution in [2.75, 3.05) is 0 Å². The number of hydrogen-bond acceptors (Lipinski definition) is 2. The lowest BCUT2D eigenvalue weighted by atomic mass is 9.87. The van der Waals surface area contributed by atoms with E-state index < -0.39 is 11.4 Å². The summed E-state index contributed by atoms with van der Waals surface area (Å²) in [4.78, 5) is 21.5. The fourth-order valence-corrected chi connectivity index (χ4v) is 1.58. The summed E-state index contributed by atoms with van der Waals surface area (Å²) in [6.07, 6.45) is 6.58. The molecule has 0 spiro atoms. The molecular weight excluding hydrogens is 204 g/mol. The predicted octanol–water partition coefficient (Wildman–Crippen LogP) is 3.42. The molecule has 0 heterocycles. The molecule has 0 unspecified atom stereocenters. The Bertz CT molecular complexity index is 231. The van der Waals surface area contributed by atoms with Gasteiger partial charge in [-0.05, 0) is 33.6 Å². The average molecular weight is 228 g/mol. The van der Waals surface area contributed by atoms with Crippen LogP contribution in [-0.2, 0) is 9.59 Å². The van der Waals surface area contributed by atoms with Crippen molar-refractivity contribution >= 4 is 11.8 Å². The molecule has 0 aromatic heterocycles. The van der Waals surface area contributed by atoms with Crippen LogP contribution in [0.1, 0.15) is 65.7 Å². The van der Waals surface area contributed by atoms with Crippen molar-refractivity contribution in [2.45, 2.75) is 65.7 Å². The molecule has 16 heavy (non-hydrogen) atoms. The van der Waals surface area contributed by atoms with Crippen molar-refractivity contribution in [2.24, 2.45) is 5.41 Å². The second kappa shape index (κ2) is 7.42. The van der Waals surface area contributed by atoms with Crippen molar-refractivity contribution in [1.29, 1.82) is 0 Å². The number of ketones is 1. The number of Topliss-reactive ketones (excluding diaryl/α,β-unsaturated/α-hetero) is 1. The van der Waals surface area contributed by atoms with Crippen molar-refractivity contribution in [3.05, 3.63) is 0 Å². The van der Waals surface area contributed by atoms with Crippen molar-refractivity contribution in [3.63, 3.8) is 0 Å². The predicted molar refractivity (Wildman–Crippen MR) is 64.4 cm³/mol. The van der Waals surface area contributed by atoms with Gasteiger partial charge in [-0.15, -0.1) is 0 Å². The molecule has 0 aliphatic rings. The summed E-state index contributed by atoms with van der Waals surface area (Å²) >= 11 is 0. The first-order valence-corrected chi connectivity index (χ1v) is 6.09. The minimum Gasteiger partial charge on any atom is -0.481 e. The van der Waals surface area contributed by atoms with Crippen molar-refractivity contribution in [1.82, 2.24) is 0 Å². The van der Waals surface area contributed by atoms with Gasteiger partial charge in [0.2, 0.25) is 0 Å². The molecule has 0 aliphatic heterocycles. The summed E-state index contributed by atoms with van der Waals surface area (Å²) < 4.78 is 0. The Balaban J connectivity index is 3.40. The Morgan fingerprint density at radius 1 is 1.00 bits per heavy atom. The SMILES string of the molecule is CC(=O)CCCCCCCC(C)(C)C(=O)O. The van der Waals surface area contributed by atoms with E-state index in [9.17, 15) is 9.59 Å². The molecule has 0 atom stereocenters. The molecular formula is C13H24O3. The van der Waals surface area contributed by atoms with Crippen LogP contribution >= 0.6 is 0 Å². The van der Waals surface area contributed by atoms with Crippen LogP contribution in [0, 0.1) is 5.41 Å². The zero-order chi connectivity index (χ0) is 12.6. The first-order valence-electron chi connectivity index (χ1n) is 6.09. The van der Waals surface area contributed by atoms with Gasteiger partial charge in [0, 0.05) is 6.42 Å². The largest absolute Gasteiger partial charge is 0.481 e. The molecule has 3 nitrogen and oxygen atoms in total. The van der Waals surface area contributed by atoms with Gasteiger partial charge in [0.05, 0.1) is 5.41 Å². The molecule has 0 fully saturated rings. The second-order valence-corrected chi connectivity index (χ2v) is 5.16. The number of hydrogen-bond donors (Lipinski definition) is 1. The van der Waals surface area contributed by atoms with Crippen molar-refractivity contribution < 1.29 is 14.7 Å². The molecule has 0 rings (SSSR count). The molecule has 0 saturated heterocycles. The average Bonchev–Trinajstić information content (AvgIpc) is 2.15. The summed E-state index contributed by atoms with van der Waals surface area (Å²) in [6.45, 7) is 5.16. The summed E-state index contributed by atoms with van der Waals surface area (Å²) in [5, 5.41) is 8.91. The van der Waals surface area contributed by atoms with Crippen LogP contribution in [0.4, 0.5) is 0 Å². The van der Waals surface area contributed by atoms with Crippen LogP contribution in [0.15, 0.2) is 0 Å². The van der Waals surface area contributed by atoms with Crippen LogP contribution in [0.25, 0.3) is 0 Å². The van der Waals surface area contributed by atoms with E-state index in [1.165, 1.54) is 0 Å². The fourth-order valence-electron chi connectivity index (χ4n) is 1.58. The normalized spacial score (nSPS) is 11.4. The third-order valence-corrected chi connectivity index (χ3v) is 2.91. The smallest absolute Gasteiger partial charge is 0.309 e. The molecule has 1 N–H and O–H groups in total. The van der Waals surface area contributed by atoms with Gasteiger partial charge in [0.1, 0.15) is 5.78 Å². The van der Waals surface area contributed by atoms with E-state index in [4.69, 9.17) is 5.11 Å². The van der Waals surface area contributed by atoms with Crippen molar-refractivity contribution in [3.8, 4) is 0 Å². The van der Waals surface area contributed by atoms with E-state index in [1.807, 2.05) is 0 Å². The molecule has 0 bridgehead atoms. The summed E-state index contributed by atoms with van der Waals surface area (Å²) in [7, 11) is 0. The first kappa shape index (κ1) is 15.1. The third-order valence-electron chi connectivity index (χ3n) is 2.91. The number of aliphatic carboxylic acids is 1. The number of carbonyl (C=O) groups is 2. The van der Waals surface area contributed by atoms with E-state index in [0.717, 1.165) is 38.5 Å². The lowest BCUT2D eigenvalue weighted by Gasteiger charge is -2.18. The van der Waals surface area contributed by atoms with Crippen LogP contribution < -0.4 is 0 Å². The van der Waals surface area contributed by atoms with E-state index in [-0.39, 0.29) is 5.78 Å². The highest BCUT2D eigenvalue weighted by atomic mass is 16.4. The first-order chi connectivity index (χ1) is 7.36. The number of carboxylic acids is 1. The number of rotatable bonds is 9. The Hall–Kier alpha value is -0.860. The molecule has 0 aliphatic carbocycles. The van der Waals surface area contributed by atoms with Crippen LogP contribution in [0.2, 0.25) is 0 Å². The standard InChI is InChI=1S/C13H24O3/c1-11(14)9-7-5-4-6-8-10-13(2,3)12(15)16/h4-10H2,1-3H3,(H,15,16). The van der Waals surface area contributed by atoms with Gasteiger partial charge in [-0.1, -0.05) is 25.7 Å². The maximum absolute atomic E-state index is 10.8. The van der Waals surface area contributed by atoms with Gasteiger partial charge in [0.25, 0.3) is 0 Å². The molecule has 0 aromatic rings.